The Morgan fingerprint density at radius 2 is 1.72 bits per heavy atom. The summed E-state index contributed by atoms with van der Waals surface area (Å²) in [4.78, 5) is 12.4. The molecule has 0 aromatic heterocycles. The van der Waals surface area contributed by atoms with Gasteiger partial charge in [-0.1, -0.05) is 42.5 Å². The summed E-state index contributed by atoms with van der Waals surface area (Å²) >= 11 is 0. The van der Waals surface area contributed by atoms with Gasteiger partial charge in [0.2, 0.25) is 0 Å². The molecule has 0 N–H and O–H groups in total. The van der Waals surface area contributed by atoms with Crippen LogP contribution >= 0.6 is 0 Å². The first-order valence-corrected chi connectivity index (χ1v) is 6.19. The van der Waals surface area contributed by atoms with Gasteiger partial charge in [-0.3, -0.25) is 4.79 Å². The molecule has 2 aliphatic rings. The Labute approximate surface area is 105 Å². The van der Waals surface area contributed by atoms with E-state index in [1.807, 2.05) is 54.6 Å². The molecule has 0 spiro atoms. The van der Waals surface area contributed by atoms with Crippen LogP contribution in [-0.2, 0) is 5.60 Å². The number of carbonyl (C=O) groups is 1. The van der Waals surface area contributed by atoms with Crippen molar-refractivity contribution >= 4 is 5.78 Å². The smallest absolute Gasteiger partial charge is 0.174 e. The van der Waals surface area contributed by atoms with Crippen molar-refractivity contribution in [2.45, 2.75) is 12.0 Å². The molecule has 0 amide bonds. The highest BCUT2D eigenvalue weighted by molar-refractivity contribution is 6.04. The maximum atomic E-state index is 12.4. The summed E-state index contributed by atoms with van der Waals surface area (Å²) in [7, 11) is 0. The summed E-state index contributed by atoms with van der Waals surface area (Å²) in [6, 6.07) is 17.6. The summed E-state index contributed by atoms with van der Waals surface area (Å²) < 4.78 is 6.13. The van der Waals surface area contributed by atoms with Gasteiger partial charge in [-0.25, -0.2) is 0 Å². The van der Waals surface area contributed by atoms with Crippen LogP contribution < -0.4 is 4.74 Å². The topological polar surface area (TPSA) is 26.3 Å². The van der Waals surface area contributed by atoms with Crippen LogP contribution in [0, 0.1) is 5.92 Å². The van der Waals surface area contributed by atoms with Gasteiger partial charge < -0.3 is 4.74 Å². The van der Waals surface area contributed by atoms with Crippen LogP contribution in [0.3, 0.4) is 0 Å². The minimum Gasteiger partial charge on any atom is -0.481 e. The average Bonchev–Trinajstić information content (AvgIpc) is 3.16. The standard InChI is InChI=1S/C16H12O2/c17-15-12-8-4-5-9-14(12)18-16(10-13(15)16)11-6-2-1-3-7-11/h1-9,13H,10H2. The second-order valence-electron chi connectivity index (χ2n) is 4.97. The second kappa shape index (κ2) is 3.22. The van der Waals surface area contributed by atoms with Crippen LogP contribution in [0.25, 0.3) is 0 Å². The Balaban J connectivity index is 1.84. The maximum absolute atomic E-state index is 12.4. The lowest BCUT2D eigenvalue weighted by Crippen LogP contribution is -2.27. The fourth-order valence-electron chi connectivity index (χ4n) is 2.90. The van der Waals surface area contributed by atoms with Gasteiger partial charge in [0.15, 0.2) is 5.78 Å². The van der Waals surface area contributed by atoms with Crippen LogP contribution in [0.4, 0.5) is 0 Å². The van der Waals surface area contributed by atoms with E-state index in [0.29, 0.717) is 0 Å². The van der Waals surface area contributed by atoms with Gasteiger partial charge in [-0.2, -0.15) is 0 Å². The summed E-state index contributed by atoms with van der Waals surface area (Å²) in [6.07, 6.45) is 0.796. The van der Waals surface area contributed by atoms with E-state index < -0.39 is 5.60 Å². The molecule has 2 heteroatoms. The van der Waals surface area contributed by atoms with Crippen LogP contribution in [0.15, 0.2) is 54.6 Å². The van der Waals surface area contributed by atoms with Gasteiger partial charge in [0.25, 0.3) is 0 Å². The average molecular weight is 236 g/mol. The van der Waals surface area contributed by atoms with Gasteiger partial charge in [-0.05, 0) is 17.7 Å². The van der Waals surface area contributed by atoms with E-state index in [9.17, 15) is 4.79 Å². The Hall–Kier alpha value is -2.09. The Morgan fingerprint density at radius 1 is 1.00 bits per heavy atom. The molecule has 0 bridgehead atoms. The van der Waals surface area contributed by atoms with Gasteiger partial charge in [0, 0.05) is 6.42 Å². The first kappa shape index (κ1) is 9.89. The number of ether oxygens (including phenoxy) is 1. The largest absolute Gasteiger partial charge is 0.481 e. The Bertz CT molecular complexity index is 633. The zero-order valence-electron chi connectivity index (χ0n) is 9.80. The van der Waals surface area contributed by atoms with Gasteiger partial charge in [0.05, 0.1) is 11.5 Å². The molecule has 2 nitrogen and oxygen atoms in total. The molecule has 1 heterocycles. The maximum Gasteiger partial charge on any atom is 0.174 e. The van der Waals surface area contributed by atoms with E-state index >= 15 is 0 Å². The van der Waals surface area contributed by atoms with Crippen molar-refractivity contribution in [1.29, 1.82) is 0 Å². The van der Waals surface area contributed by atoms with E-state index in [1.54, 1.807) is 0 Å². The highest BCUT2D eigenvalue weighted by atomic mass is 16.5. The van der Waals surface area contributed by atoms with E-state index in [4.69, 9.17) is 4.74 Å². The number of hydrogen-bond donors (Lipinski definition) is 0. The lowest BCUT2D eigenvalue weighted by molar-refractivity contribution is 0.0824. The number of fused-ring (bicyclic) bond motifs is 2. The van der Waals surface area contributed by atoms with Crippen molar-refractivity contribution in [3.8, 4) is 5.75 Å². The van der Waals surface area contributed by atoms with Crippen molar-refractivity contribution < 1.29 is 9.53 Å². The molecular weight excluding hydrogens is 224 g/mol. The molecule has 18 heavy (non-hydrogen) atoms. The van der Waals surface area contributed by atoms with Gasteiger partial charge >= 0.3 is 0 Å². The number of carbonyl (C=O) groups excluding carboxylic acids is 1. The SMILES string of the molecule is O=C1c2ccccc2OC2(c3ccccc3)CC12. The van der Waals surface area contributed by atoms with Crippen LogP contribution in [0.2, 0.25) is 0 Å². The lowest BCUT2D eigenvalue weighted by atomic mass is 9.96. The monoisotopic (exact) mass is 236 g/mol. The van der Waals surface area contributed by atoms with Gasteiger partial charge in [0.1, 0.15) is 11.4 Å². The molecule has 1 fully saturated rings. The zero-order chi connectivity index (χ0) is 12.2. The van der Waals surface area contributed by atoms with Crippen molar-refractivity contribution in [2.75, 3.05) is 0 Å². The minimum absolute atomic E-state index is 0.00481. The number of ketones is 1. The molecule has 1 aliphatic heterocycles. The first-order chi connectivity index (χ1) is 8.81. The fraction of sp³-hybridized carbons (Fsp3) is 0.188. The van der Waals surface area contributed by atoms with Crippen LogP contribution in [-0.4, -0.2) is 5.78 Å². The van der Waals surface area contributed by atoms with Crippen molar-refractivity contribution in [3.05, 3.63) is 65.7 Å². The van der Waals surface area contributed by atoms with Gasteiger partial charge in [-0.15, -0.1) is 0 Å². The van der Waals surface area contributed by atoms with E-state index in [1.165, 1.54) is 0 Å². The molecule has 88 valence electrons. The molecule has 0 radical (unpaired) electrons. The predicted octanol–water partition coefficient (Wildman–Crippen LogP) is 3.18. The predicted molar refractivity (Wildman–Crippen MR) is 67.6 cm³/mol. The normalized spacial score (nSPS) is 28.0. The number of benzene rings is 2. The molecule has 4 rings (SSSR count). The fourth-order valence-corrected chi connectivity index (χ4v) is 2.90. The van der Waals surface area contributed by atoms with Crippen molar-refractivity contribution in [2.24, 2.45) is 5.92 Å². The minimum atomic E-state index is -0.396. The Kier molecular flexibility index (Phi) is 1.77. The summed E-state index contributed by atoms with van der Waals surface area (Å²) in [6.45, 7) is 0. The third-order valence-electron chi connectivity index (χ3n) is 3.93. The first-order valence-electron chi connectivity index (χ1n) is 6.19. The van der Waals surface area contributed by atoms with Crippen LogP contribution in [0.5, 0.6) is 5.75 Å². The molecule has 1 saturated carbocycles. The Morgan fingerprint density at radius 3 is 2.56 bits per heavy atom. The third-order valence-corrected chi connectivity index (χ3v) is 3.93. The van der Waals surface area contributed by atoms with E-state index in [2.05, 4.69) is 0 Å². The summed E-state index contributed by atoms with van der Waals surface area (Å²) in [5.41, 5.74) is 1.44. The number of rotatable bonds is 1. The van der Waals surface area contributed by atoms with Crippen LogP contribution in [0.1, 0.15) is 22.3 Å². The van der Waals surface area contributed by atoms with Crippen molar-refractivity contribution in [1.82, 2.24) is 0 Å². The molecule has 2 atom stereocenters. The summed E-state index contributed by atoms with van der Waals surface area (Å²) in [5.74, 6) is 0.940. The number of para-hydroxylation sites is 1. The molecule has 2 aromatic rings. The molecule has 2 unspecified atom stereocenters. The molecular formula is C16H12O2. The highest BCUT2D eigenvalue weighted by Gasteiger charge is 2.64. The highest BCUT2D eigenvalue weighted by Crippen LogP contribution is 2.59. The van der Waals surface area contributed by atoms with Crippen molar-refractivity contribution in [3.63, 3.8) is 0 Å². The quantitative estimate of drug-likeness (QED) is 0.760. The van der Waals surface area contributed by atoms with E-state index in [0.717, 1.165) is 23.3 Å². The molecule has 0 saturated heterocycles. The second-order valence-corrected chi connectivity index (χ2v) is 4.97. The zero-order valence-corrected chi connectivity index (χ0v) is 9.80. The number of hydrogen-bond acceptors (Lipinski definition) is 2. The third kappa shape index (κ3) is 1.15. The molecule has 2 aromatic carbocycles. The number of Topliss-reactive ketones (excluding diaryl/α,β-unsaturated/α-hetero) is 1. The summed E-state index contributed by atoms with van der Waals surface area (Å²) in [5, 5.41) is 0. The van der Waals surface area contributed by atoms with E-state index in [-0.39, 0.29) is 11.7 Å². The molecule has 1 aliphatic carbocycles. The lowest BCUT2D eigenvalue weighted by Gasteiger charge is -2.25.